The Bertz CT molecular complexity index is 610. The second kappa shape index (κ2) is 7.68. The van der Waals surface area contributed by atoms with E-state index in [0.717, 1.165) is 56.4 Å². The third-order valence-electron chi connectivity index (χ3n) is 7.71. The highest BCUT2D eigenvalue weighted by atomic mass is 16.2. The molecule has 5 aliphatic rings. The van der Waals surface area contributed by atoms with Crippen LogP contribution in [0, 0.1) is 29.1 Å². The van der Waals surface area contributed by atoms with E-state index in [0.29, 0.717) is 19.5 Å². The summed E-state index contributed by atoms with van der Waals surface area (Å²) < 4.78 is 0. The first-order chi connectivity index (χ1) is 13.4. The Morgan fingerprint density at radius 3 is 2.21 bits per heavy atom. The number of hydrogen-bond acceptors (Lipinski definition) is 3. The molecular formula is C22H35N3O3. The van der Waals surface area contributed by atoms with Gasteiger partial charge in [0.25, 0.3) is 0 Å². The number of amides is 3. The van der Waals surface area contributed by atoms with Crippen LogP contribution in [-0.4, -0.2) is 61.3 Å². The first-order valence-corrected chi connectivity index (χ1v) is 11.1. The molecule has 5 fully saturated rings. The lowest BCUT2D eigenvalue weighted by Gasteiger charge is -2.55. The highest BCUT2D eigenvalue weighted by Crippen LogP contribution is 2.60. The Kier molecular flexibility index (Phi) is 5.41. The van der Waals surface area contributed by atoms with E-state index in [-0.39, 0.29) is 29.1 Å². The van der Waals surface area contributed by atoms with E-state index in [4.69, 9.17) is 0 Å². The van der Waals surface area contributed by atoms with Gasteiger partial charge in [-0.1, -0.05) is 0 Å². The van der Waals surface area contributed by atoms with Gasteiger partial charge in [0.2, 0.25) is 17.7 Å². The molecule has 0 spiro atoms. The van der Waals surface area contributed by atoms with Gasteiger partial charge in [0.05, 0.1) is 5.92 Å². The number of nitrogens with zero attached hydrogens (tertiary/aromatic N) is 2. The van der Waals surface area contributed by atoms with Crippen molar-refractivity contribution in [1.82, 2.24) is 15.1 Å². The molecule has 3 amide bonds. The molecule has 4 aliphatic carbocycles. The van der Waals surface area contributed by atoms with E-state index < -0.39 is 0 Å². The molecule has 4 saturated carbocycles. The summed E-state index contributed by atoms with van der Waals surface area (Å²) in [5, 5.41) is 3.10. The van der Waals surface area contributed by atoms with Crippen LogP contribution in [-0.2, 0) is 14.4 Å². The van der Waals surface area contributed by atoms with Gasteiger partial charge in [-0.2, -0.15) is 0 Å². The molecule has 1 N–H and O–H groups in total. The van der Waals surface area contributed by atoms with Crippen molar-refractivity contribution in [3.63, 3.8) is 0 Å². The highest BCUT2D eigenvalue weighted by Gasteiger charge is 2.54. The smallest absolute Gasteiger partial charge is 0.226 e. The van der Waals surface area contributed by atoms with Crippen LogP contribution >= 0.6 is 0 Å². The van der Waals surface area contributed by atoms with Gasteiger partial charge in [0, 0.05) is 45.6 Å². The first-order valence-electron chi connectivity index (χ1n) is 11.1. The molecule has 156 valence electrons. The Balaban J connectivity index is 1.25. The molecule has 1 heterocycles. The lowest BCUT2D eigenvalue weighted by Crippen LogP contribution is -2.54. The van der Waals surface area contributed by atoms with Gasteiger partial charge in [0.1, 0.15) is 0 Å². The average molecular weight is 390 g/mol. The van der Waals surface area contributed by atoms with Crippen molar-refractivity contribution in [3.05, 3.63) is 0 Å². The van der Waals surface area contributed by atoms with Gasteiger partial charge >= 0.3 is 0 Å². The highest BCUT2D eigenvalue weighted by molar-refractivity contribution is 5.84. The molecule has 28 heavy (non-hydrogen) atoms. The molecule has 6 nitrogen and oxygen atoms in total. The number of likely N-dealkylation sites (tertiary alicyclic amines) is 1. The second-order valence-corrected chi connectivity index (χ2v) is 10.1. The minimum Gasteiger partial charge on any atom is -0.355 e. The Morgan fingerprint density at radius 2 is 1.64 bits per heavy atom. The van der Waals surface area contributed by atoms with Crippen molar-refractivity contribution in [3.8, 4) is 0 Å². The van der Waals surface area contributed by atoms with Gasteiger partial charge in [-0.3, -0.25) is 14.4 Å². The first kappa shape index (κ1) is 19.7. The minimum absolute atomic E-state index is 0.0575. The third-order valence-corrected chi connectivity index (χ3v) is 7.71. The molecule has 4 bridgehead atoms. The van der Waals surface area contributed by atoms with Gasteiger partial charge in [-0.15, -0.1) is 0 Å². The summed E-state index contributed by atoms with van der Waals surface area (Å²) in [7, 11) is 3.53. The lowest BCUT2D eigenvalue weighted by molar-refractivity contribution is -0.146. The van der Waals surface area contributed by atoms with Crippen LogP contribution in [0.2, 0.25) is 0 Å². The summed E-state index contributed by atoms with van der Waals surface area (Å²) in [5.41, 5.74) is -0.147. The zero-order valence-corrected chi connectivity index (χ0v) is 17.4. The molecule has 0 aromatic rings. The van der Waals surface area contributed by atoms with E-state index in [2.05, 4.69) is 5.32 Å². The van der Waals surface area contributed by atoms with E-state index >= 15 is 0 Å². The maximum Gasteiger partial charge on any atom is 0.226 e. The molecule has 1 unspecified atom stereocenters. The Morgan fingerprint density at radius 1 is 1.04 bits per heavy atom. The molecule has 0 aromatic heterocycles. The molecule has 0 radical (unpaired) electrons. The Hall–Kier alpha value is -1.59. The summed E-state index contributed by atoms with van der Waals surface area (Å²) in [6, 6.07) is 0. The van der Waals surface area contributed by atoms with E-state index in [1.165, 1.54) is 19.3 Å². The number of carbonyl (C=O) groups is 3. The van der Waals surface area contributed by atoms with Gasteiger partial charge in [-0.25, -0.2) is 0 Å². The summed E-state index contributed by atoms with van der Waals surface area (Å²) >= 11 is 0. The SMILES string of the molecule is CN(C)C(=O)C1CCCN(C(=O)CCNC(=O)C23CC4CC(CC(C4)C2)C3)C1. The largest absolute Gasteiger partial charge is 0.355 e. The molecule has 1 atom stereocenters. The van der Waals surface area contributed by atoms with Crippen LogP contribution in [0.5, 0.6) is 0 Å². The monoisotopic (exact) mass is 389 g/mol. The van der Waals surface area contributed by atoms with Crippen molar-refractivity contribution in [1.29, 1.82) is 0 Å². The van der Waals surface area contributed by atoms with E-state index in [1.807, 2.05) is 4.90 Å². The van der Waals surface area contributed by atoms with E-state index in [1.54, 1.807) is 19.0 Å². The molecule has 1 aliphatic heterocycles. The van der Waals surface area contributed by atoms with Crippen LogP contribution in [0.15, 0.2) is 0 Å². The van der Waals surface area contributed by atoms with Crippen LogP contribution < -0.4 is 5.32 Å². The van der Waals surface area contributed by atoms with Crippen LogP contribution in [0.25, 0.3) is 0 Å². The molecule has 0 aromatic carbocycles. The quantitative estimate of drug-likeness (QED) is 0.782. The zero-order chi connectivity index (χ0) is 19.9. The summed E-state index contributed by atoms with van der Waals surface area (Å²) in [4.78, 5) is 41.2. The second-order valence-electron chi connectivity index (χ2n) is 10.1. The molecule has 5 rings (SSSR count). The fraction of sp³-hybridized carbons (Fsp3) is 0.864. The maximum atomic E-state index is 13.0. The van der Waals surface area contributed by atoms with Crippen molar-refractivity contribution >= 4 is 17.7 Å². The summed E-state index contributed by atoms with van der Waals surface area (Å²) in [6.07, 6.45) is 9.20. The average Bonchev–Trinajstić information content (AvgIpc) is 2.66. The van der Waals surface area contributed by atoms with Crippen LogP contribution in [0.4, 0.5) is 0 Å². The van der Waals surface area contributed by atoms with Crippen molar-refractivity contribution in [2.75, 3.05) is 33.7 Å². The molecular weight excluding hydrogens is 354 g/mol. The van der Waals surface area contributed by atoms with Gasteiger partial charge < -0.3 is 15.1 Å². The summed E-state index contributed by atoms with van der Waals surface area (Å²) in [5.74, 6) is 2.51. The van der Waals surface area contributed by atoms with Crippen molar-refractivity contribution in [2.24, 2.45) is 29.1 Å². The number of hydrogen-bond donors (Lipinski definition) is 1. The van der Waals surface area contributed by atoms with Crippen molar-refractivity contribution < 1.29 is 14.4 Å². The molecule has 6 heteroatoms. The number of piperidine rings is 1. The fourth-order valence-corrected chi connectivity index (χ4v) is 6.79. The van der Waals surface area contributed by atoms with Gasteiger partial charge in [-0.05, 0) is 69.1 Å². The topological polar surface area (TPSA) is 69.7 Å². The third kappa shape index (κ3) is 3.79. The predicted octanol–water partition coefficient (Wildman–Crippen LogP) is 2.04. The summed E-state index contributed by atoms with van der Waals surface area (Å²) in [6.45, 7) is 1.65. The zero-order valence-electron chi connectivity index (χ0n) is 17.4. The molecule has 1 saturated heterocycles. The predicted molar refractivity (Wildman–Crippen MR) is 106 cm³/mol. The van der Waals surface area contributed by atoms with Crippen LogP contribution in [0.1, 0.15) is 57.8 Å². The van der Waals surface area contributed by atoms with Gasteiger partial charge in [0.15, 0.2) is 0 Å². The lowest BCUT2D eigenvalue weighted by atomic mass is 9.49. The van der Waals surface area contributed by atoms with Crippen LogP contribution in [0.3, 0.4) is 0 Å². The fourth-order valence-electron chi connectivity index (χ4n) is 6.79. The minimum atomic E-state index is -0.147. The number of nitrogens with one attached hydrogen (secondary N) is 1. The normalized spacial score (nSPS) is 36.3. The maximum absolute atomic E-state index is 13.0. The standard InChI is InChI=1S/C22H35N3O3/c1-24(2)20(27)18-4-3-7-25(14-18)19(26)5-6-23-21(28)22-11-15-8-16(12-22)10-17(9-15)13-22/h15-18H,3-14H2,1-2H3,(H,23,28). The van der Waals surface area contributed by atoms with E-state index in [9.17, 15) is 14.4 Å². The van der Waals surface area contributed by atoms with Crippen molar-refractivity contribution in [2.45, 2.75) is 57.8 Å². The Labute approximate surface area is 168 Å². The number of rotatable bonds is 5. The number of carbonyl (C=O) groups excluding carboxylic acids is 3.